The summed E-state index contributed by atoms with van der Waals surface area (Å²) in [6, 6.07) is 95.1. The van der Waals surface area contributed by atoms with Crippen molar-refractivity contribution in [2.45, 2.75) is 46.0 Å². The molecule has 13 aromatic carbocycles. The molecule has 0 saturated heterocycles. The van der Waals surface area contributed by atoms with E-state index in [4.69, 9.17) is 0 Å². The maximum atomic E-state index is 2.49. The summed E-state index contributed by atoms with van der Waals surface area (Å²) in [5.41, 5.74) is 14.1. The monoisotopic (exact) mass is 962 g/mol. The molecule has 0 N–H and O–H groups in total. The van der Waals surface area contributed by atoms with Gasteiger partial charge in [-0.25, -0.2) is 0 Å². The largest absolute Gasteiger partial charge is 0.310 e. The first-order valence-corrected chi connectivity index (χ1v) is 26.4. The van der Waals surface area contributed by atoms with Crippen LogP contribution in [0.3, 0.4) is 0 Å². The van der Waals surface area contributed by atoms with E-state index in [0.717, 1.165) is 34.1 Å². The number of fused-ring (bicyclic) bond motifs is 8. The third-order valence-electron chi connectivity index (χ3n) is 15.5. The highest BCUT2D eigenvalue weighted by Gasteiger charge is 2.25. The van der Waals surface area contributed by atoms with Gasteiger partial charge in [-0.3, -0.25) is 0 Å². The molecule has 0 spiro atoms. The summed E-state index contributed by atoms with van der Waals surface area (Å²) in [6.07, 6.45) is 0. The van der Waals surface area contributed by atoms with Crippen LogP contribution in [0.1, 0.15) is 51.7 Å². The van der Waals surface area contributed by atoms with Gasteiger partial charge in [-0.05, 0) is 194 Å². The summed E-state index contributed by atoms with van der Waals surface area (Å²) in [4.78, 5) is 4.85. The molecule has 0 heterocycles. The van der Waals surface area contributed by atoms with E-state index in [0.29, 0.717) is 5.92 Å². The smallest absolute Gasteiger partial charge is 0.0468 e. The van der Waals surface area contributed by atoms with Crippen molar-refractivity contribution < 1.29 is 0 Å². The summed E-state index contributed by atoms with van der Waals surface area (Å²) in [5.74, 6) is 0.421. The van der Waals surface area contributed by atoms with Gasteiger partial charge in [-0.2, -0.15) is 0 Å². The van der Waals surface area contributed by atoms with Crippen LogP contribution in [0, 0.1) is 0 Å². The van der Waals surface area contributed by atoms with Gasteiger partial charge in [0, 0.05) is 34.1 Å². The Hall–Kier alpha value is -8.98. The van der Waals surface area contributed by atoms with Crippen LogP contribution < -0.4 is 9.80 Å². The number of rotatable bonds is 9. The highest BCUT2D eigenvalue weighted by Crippen LogP contribution is 2.52. The van der Waals surface area contributed by atoms with E-state index in [1.54, 1.807) is 0 Å². The predicted molar refractivity (Wildman–Crippen MR) is 325 cm³/mol. The van der Waals surface area contributed by atoms with Crippen LogP contribution >= 0.6 is 0 Å². The fraction of sp³-hybridized carbons (Fsp3) is 0.0959. The fourth-order valence-electron chi connectivity index (χ4n) is 11.8. The molecule has 2 heteroatoms. The lowest BCUT2D eigenvalue weighted by atomic mass is 9.82. The summed E-state index contributed by atoms with van der Waals surface area (Å²) in [7, 11) is 0. The molecule has 0 saturated carbocycles. The molecule has 0 aliphatic rings. The number of benzene rings is 13. The van der Waals surface area contributed by atoms with E-state index in [1.807, 2.05) is 0 Å². The normalized spacial score (nSPS) is 11.9. The Balaban J connectivity index is 1.20. The van der Waals surface area contributed by atoms with Crippen molar-refractivity contribution in [1.29, 1.82) is 0 Å². The lowest BCUT2D eigenvalue weighted by molar-refractivity contribution is 0.590. The second kappa shape index (κ2) is 18.5. The number of para-hydroxylation sites is 2. The molecular weight excluding hydrogens is 905 g/mol. The quantitative estimate of drug-likeness (QED) is 0.105. The van der Waals surface area contributed by atoms with Gasteiger partial charge in [0.2, 0.25) is 0 Å². The molecule has 0 atom stereocenters. The van der Waals surface area contributed by atoms with Crippen molar-refractivity contribution in [3.63, 3.8) is 0 Å². The molecule has 75 heavy (non-hydrogen) atoms. The Kier molecular flexibility index (Phi) is 11.3. The highest BCUT2D eigenvalue weighted by molar-refractivity contribution is 6.29. The van der Waals surface area contributed by atoms with Crippen LogP contribution in [0.25, 0.3) is 86.9 Å². The molecule has 0 bridgehead atoms. The molecule has 360 valence electrons. The van der Waals surface area contributed by atoms with Gasteiger partial charge < -0.3 is 9.80 Å². The predicted octanol–water partition coefficient (Wildman–Crippen LogP) is 21.3. The molecule has 0 unspecified atom stereocenters. The minimum atomic E-state index is 0.0201. The number of hydrogen-bond acceptors (Lipinski definition) is 2. The Bertz CT molecular complexity index is 4240. The fourth-order valence-corrected chi connectivity index (χ4v) is 11.8. The average Bonchev–Trinajstić information content (AvgIpc) is 3.46. The van der Waals surface area contributed by atoms with Gasteiger partial charge in [0.1, 0.15) is 0 Å². The van der Waals surface area contributed by atoms with E-state index in [1.165, 1.54) is 98.0 Å². The van der Waals surface area contributed by atoms with E-state index in [2.05, 4.69) is 299 Å². The minimum Gasteiger partial charge on any atom is -0.310 e. The van der Waals surface area contributed by atoms with Gasteiger partial charge in [0.15, 0.2) is 0 Å². The van der Waals surface area contributed by atoms with Crippen molar-refractivity contribution in [2.24, 2.45) is 0 Å². The minimum absolute atomic E-state index is 0.0201. The topological polar surface area (TPSA) is 6.48 Å². The van der Waals surface area contributed by atoms with Crippen LogP contribution in [-0.2, 0) is 5.41 Å². The molecule has 13 rings (SSSR count). The van der Waals surface area contributed by atoms with Crippen LogP contribution in [0.4, 0.5) is 34.1 Å². The maximum Gasteiger partial charge on any atom is 0.0468 e. The number of hydrogen-bond donors (Lipinski definition) is 0. The summed E-state index contributed by atoms with van der Waals surface area (Å²) >= 11 is 0. The molecular formula is C73H58N2. The first-order valence-electron chi connectivity index (χ1n) is 26.4. The van der Waals surface area contributed by atoms with Crippen molar-refractivity contribution in [1.82, 2.24) is 0 Å². The number of anilines is 6. The first kappa shape index (κ1) is 45.9. The van der Waals surface area contributed by atoms with E-state index >= 15 is 0 Å². The second-order valence-corrected chi connectivity index (χ2v) is 21.5. The summed E-state index contributed by atoms with van der Waals surface area (Å²) in [6.45, 7) is 11.4. The van der Waals surface area contributed by atoms with Crippen LogP contribution in [0.2, 0.25) is 0 Å². The standard InChI is InChI=1S/C73H58N2/c1-48(2)49-32-36-55(37-33-49)75(56-38-34-52(35-39-56)73(3,4)5)58-41-43-66-70(47-58)72(68-45-51-21-13-15-27-60(51)62-29-17-19-31-64(62)68)65-42-40-57(74(53-22-8-6-9-23-53)54-24-10-7-11-25-54)46-69(65)71(66)67-44-50-20-12-14-26-59(50)61-28-16-18-30-63(61)67/h6-48H,1-5H3. The second-order valence-electron chi connectivity index (χ2n) is 21.5. The Labute approximate surface area is 440 Å². The lowest BCUT2D eigenvalue weighted by Crippen LogP contribution is -2.13. The van der Waals surface area contributed by atoms with Crippen molar-refractivity contribution in [3.8, 4) is 22.3 Å². The van der Waals surface area contributed by atoms with Crippen LogP contribution in [0.5, 0.6) is 0 Å². The van der Waals surface area contributed by atoms with E-state index in [-0.39, 0.29) is 5.41 Å². The highest BCUT2D eigenvalue weighted by atomic mass is 15.1. The molecule has 0 fully saturated rings. The number of nitrogens with zero attached hydrogens (tertiary/aromatic N) is 2. The SMILES string of the molecule is CC(C)c1ccc(N(c2ccc(C(C)(C)C)cc2)c2ccc3c(-c4cc5ccccc5c5ccccc45)c4cc(N(c5ccccc5)c5ccccc5)ccc4c(-c4cc5ccccc5c5ccccc45)c3c2)cc1. The van der Waals surface area contributed by atoms with E-state index < -0.39 is 0 Å². The van der Waals surface area contributed by atoms with Crippen molar-refractivity contribution >= 4 is 98.8 Å². The third-order valence-corrected chi connectivity index (χ3v) is 15.5. The van der Waals surface area contributed by atoms with Crippen molar-refractivity contribution in [2.75, 3.05) is 9.80 Å². The summed E-state index contributed by atoms with van der Waals surface area (Å²) in [5, 5.41) is 14.7. The summed E-state index contributed by atoms with van der Waals surface area (Å²) < 4.78 is 0. The van der Waals surface area contributed by atoms with Gasteiger partial charge in [0.05, 0.1) is 0 Å². The van der Waals surface area contributed by atoms with Crippen molar-refractivity contribution in [3.05, 3.63) is 266 Å². The Morgan fingerprint density at radius 3 is 1.04 bits per heavy atom. The molecule has 0 radical (unpaired) electrons. The Morgan fingerprint density at radius 1 is 0.280 bits per heavy atom. The maximum absolute atomic E-state index is 2.49. The van der Waals surface area contributed by atoms with Gasteiger partial charge in [-0.15, -0.1) is 0 Å². The zero-order chi connectivity index (χ0) is 50.8. The molecule has 0 aliphatic heterocycles. The zero-order valence-corrected chi connectivity index (χ0v) is 43.2. The average molecular weight is 963 g/mol. The zero-order valence-electron chi connectivity index (χ0n) is 43.2. The molecule has 0 aliphatic carbocycles. The lowest BCUT2D eigenvalue weighted by Gasteiger charge is -2.29. The molecule has 0 aromatic heterocycles. The van der Waals surface area contributed by atoms with Crippen LogP contribution in [-0.4, -0.2) is 0 Å². The van der Waals surface area contributed by atoms with Gasteiger partial charge in [0.25, 0.3) is 0 Å². The van der Waals surface area contributed by atoms with Gasteiger partial charge >= 0.3 is 0 Å². The van der Waals surface area contributed by atoms with E-state index in [9.17, 15) is 0 Å². The van der Waals surface area contributed by atoms with Crippen LogP contribution in [0.15, 0.2) is 255 Å². The molecule has 13 aromatic rings. The third kappa shape index (κ3) is 8.06. The molecule has 0 amide bonds. The first-order chi connectivity index (χ1) is 36.7. The molecule has 2 nitrogen and oxygen atoms in total. The van der Waals surface area contributed by atoms with Gasteiger partial charge in [-0.1, -0.05) is 204 Å². The Morgan fingerprint density at radius 2 is 0.627 bits per heavy atom.